The van der Waals surface area contributed by atoms with Crippen LogP contribution in [0.25, 0.3) is 0 Å². The van der Waals surface area contributed by atoms with Gasteiger partial charge in [0.05, 0.1) is 13.0 Å². The lowest BCUT2D eigenvalue weighted by Gasteiger charge is -2.43. The van der Waals surface area contributed by atoms with E-state index in [1.807, 2.05) is 40.5 Å². The van der Waals surface area contributed by atoms with Crippen molar-refractivity contribution in [3.63, 3.8) is 0 Å². The predicted molar refractivity (Wildman–Crippen MR) is 129 cm³/mol. The topological polar surface area (TPSA) is 45.3 Å². The maximum Gasteiger partial charge on any atom is 0.225 e. The summed E-state index contributed by atoms with van der Waals surface area (Å²) in [4.78, 5) is 22.5. The minimum Gasteiger partial charge on any atom is -0.491 e. The molecule has 1 aromatic heterocycles. The first kappa shape index (κ1) is 23.5. The van der Waals surface area contributed by atoms with E-state index in [-0.39, 0.29) is 5.91 Å². The van der Waals surface area contributed by atoms with Gasteiger partial charge >= 0.3 is 0 Å². The third kappa shape index (κ3) is 6.23. The maximum absolute atomic E-state index is 13.2. The number of amides is 1. The van der Waals surface area contributed by atoms with Gasteiger partial charge in [-0.1, -0.05) is 11.6 Å². The van der Waals surface area contributed by atoms with Gasteiger partial charge in [-0.3, -0.25) is 9.69 Å². The van der Waals surface area contributed by atoms with Crippen LogP contribution in [0.15, 0.2) is 36.4 Å². The molecule has 2 fully saturated rings. The molecular formula is C24H32ClN3O3S. The van der Waals surface area contributed by atoms with Crippen LogP contribution in [0.4, 0.5) is 0 Å². The van der Waals surface area contributed by atoms with Gasteiger partial charge in [0, 0.05) is 60.6 Å². The molecule has 2 aromatic rings. The van der Waals surface area contributed by atoms with Crippen molar-refractivity contribution in [2.45, 2.75) is 25.5 Å². The van der Waals surface area contributed by atoms with Crippen molar-refractivity contribution in [1.82, 2.24) is 14.7 Å². The fourth-order valence-corrected chi connectivity index (χ4v) is 5.34. The average Bonchev–Trinajstić information content (AvgIpc) is 3.18. The summed E-state index contributed by atoms with van der Waals surface area (Å²) < 4.78 is 12.4. The number of piperazine rings is 1. The van der Waals surface area contributed by atoms with Crippen LogP contribution in [0.5, 0.6) is 5.75 Å². The molecule has 0 saturated carbocycles. The van der Waals surface area contributed by atoms with Gasteiger partial charge in [-0.25, -0.2) is 0 Å². The fraction of sp³-hybridized carbons (Fsp3) is 0.542. The molecule has 4 rings (SSSR count). The van der Waals surface area contributed by atoms with Crippen molar-refractivity contribution in [2.75, 3.05) is 59.5 Å². The highest BCUT2D eigenvalue weighted by molar-refractivity contribution is 7.11. The van der Waals surface area contributed by atoms with Crippen molar-refractivity contribution < 1.29 is 14.3 Å². The number of likely N-dealkylation sites (N-methyl/N-ethyl adjacent to an activating group) is 1. The summed E-state index contributed by atoms with van der Waals surface area (Å²) in [6.07, 6.45) is 0.324. The number of carbonyl (C=O) groups is 1. The first-order valence-electron chi connectivity index (χ1n) is 11.2. The van der Waals surface area contributed by atoms with Crippen LogP contribution in [0.3, 0.4) is 0 Å². The highest BCUT2D eigenvalue weighted by atomic mass is 35.5. The predicted octanol–water partition coefficient (Wildman–Crippen LogP) is 3.52. The normalized spacial score (nSPS) is 22.8. The van der Waals surface area contributed by atoms with E-state index in [4.69, 9.17) is 21.1 Å². The van der Waals surface area contributed by atoms with Crippen molar-refractivity contribution in [3.05, 3.63) is 51.2 Å². The smallest absolute Gasteiger partial charge is 0.225 e. The van der Waals surface area contributed by atoms with E-state index in [1.165, 1.54) is 9.75 Å². The summed E-state index contributed by atoms with van der Waals surface area (Å²) >= 11 is 7.84. The molecular weight excluding hydrogens is 446 g/mol. The van der Waals surface area contributed by atoms with Gasteiger partial charge < -0.3 is 19.3 Å². The molecule has 0 aliphatic carbocycles. The Bertz CT molecular complexity index is 898. The van der Waals surface area contributed by atoms with Crippen LogP contribution < -0.4 is 4.74 Å². The molecule has 0 radical (unpaired) electrons. The van der Waals surface area contributed by atoms with Gasteiger partial charge in [0.15, 0.2) is 0 Å². The Kier molecular flexibility index (Phi) is 7.74. The number of thiophene rings is 1. The Labute approximate surface area is 199 Å². The monoisotopic (exact) mass is 477 g/mol. The summed E-state index contributed by atoms with van der Waals surface area (Å²) in [7, 11) is 2.09. The second kappa shape index (κ2) is 10.5. The molecule has 32 heavy (non-hydrogen) atoms. The highest BCUT2D eigenvalue weighted by Crippen LogP contribution is 2.28. The number of aryl methyl sites for hydroxylation is 1. The Morgan fingerprint density at radius 1 is 1.12 bits per heavy atom. The molecule has 2 saturated heterocycles. The molecule has 6 nitrogen and oxygen atoms in total. The number of rotatable bonds is 7. The summed E-state index contributed by atoms with van der Waals surface area (Å²) in [6, 6.07) is 11.7. The molecule has 0 bridgehead atoms. The first-order chi connectivity index (χ1) is 15.4. The van der Waals surface area contributed by atoms with Crippen LogP contribution >= 0.6 is 22.9 Å². The van der Waals surface area contributed by atoms with Crippen LogP contribution in [0.1, 0.15) is 16.2 Å². The molecule has 3 heterocycles. The zero-order valence-electron chi connectivity index (χ0n) is 18.9. The Balaban J connectivity index is 1.47. The molecule has 0 spiro atoms. The Morgan fingerprint density at radius 3 is 2.56 bits per heavy atom. The van der Waals surface area contributed by atoms with Crippen LogP contribution in [0, 0.1) is 6.92 Å². The quantitative estimate of drug-likeness (QED) is 0.610. The number of hydrogen-bond acceptors (Lipinski definition) is 6. The largest absolute Gasteiger partial charge is 0.491 e. The van der Waals surface area contributed by atoms with E-state index in [9.17, 15) is 4.79 Å². The summed E-state index contributed by atoms with van der Waals surface area (Å²) in [5.74, 6) is 0.877. The Hall–Kier alpha value is -1.64. The van der Waals surface area contributed by atoms with Crippen LogP contribution in [0.2, 0.25) is 5.02 Å². The summed E-state index contributed by atoms with van der Waals surface area (Å²) in [6.45, 7) is 8.77. The van der Waals surface area contributed by atoms with Crippen molar-refractivity contribution in [2.24, 2.45) is 0 Å². The Morgan fingerprint density at radius 2 is 1.88 bits per heavy atom. The van der Waals surface area contributed by atoms with Gasteiger partial charge in [0.2, 0.25) is 5.91 Å². The van der Waals surface area contributed by atoms with Gasteiger partial charge in [0.1, 0.15) is 18.0 Å². The molecule has 0 N–H and O–H groups in total. The zero-order valence-corrected chi connectivity index (χ0v) is 20.5. The number of nitrogens with zero attached hydrogens (tertiary/aromatic N) is 3. The molecule has 1 atom stereocenters. The van der Waals surface area contributed by atoms with Crippen LogP contribution in [-0.4, -0.2) is 85.7 Å². The van der Waals surface area contributed by atoms with Crippen molar-refractivity contribution in [3.8, 4) is 5.75 Å². The summed E-state index contributed by atoms with van der Waals surface area (Å²) in [5.41, 5.74) is -0.676. The maximum atomic E-state index is 13.2. The summed E-state index contributed by atoms with van der Waals surface area (Å²) in [5, 5.41) is 0.670. The standard InChI is InChI=1S/C24H32ClN3O3S/c1-19-3-8-22(32-19)16-27-13-14-31-24(17-27,18-30-21-6-4-20(25)5-7-21)15-23(29)28-11-9-26(2)10-12-28/h3-8H,9-18H2,1-2H3. The number of halogens is 1. The lowest BCUT2D eigenvalue weighted by atomic mass is 9.96. The lowest BCUT2D eigenvalue weighted by molar-refractivity contribution is -0.157. The van der Waals surface area contributed by atoms with E-state index in [0.29, 0.717) is 31.2 Å². The van der Waals surface area contributed by atoms with Gasteiger partial charge in [0.25, 0.3) is 0 Å². The van der Waals surface area contributed by atoms with Crippen molar-refractivity contribution in [1.29, 1.82) is 0 Å². The molecule has 1 unspecified atom stereocenters. The van der Waals surface area contributed by atoms with Gasteiger partial charge in [-0.05, 0) is 50.4 Å². The molecule has 174 valence electrons. The van der Waals surface area contributed by atoms with Gasteiger partial charge in [-0.15, -0.1) is 11.3 Å². The molecule has 1 amide bonds. The van der Waals surface area contributed by atoms with Crippen molar-refractivity contribution >= 4 is 28.8 Å². The minimum atomic E-state index is -0.676. The van der Waals surface area contributed by atoms with E-state index in [1.54, 1.807) is 0 Å². The number of benzene rings is 1. The average molecular weight is 478 g/mol. The third-order valence-electron chi connectivity index (χ3n) is 6.15. The molecule has 1 aromatic carbocycles. The second-order valence-corrected chi connectivity index (χ2v) is 10.7. The number of carbonyl (C=O) groups excluding carboxylic acids is 1. The van der Waals surface area contributed by atoms with E-state index in [0.717, 1.165) is 45.0 Å². The number of morpholine rings is 1. The number of ether oxygens (including phenoxy) is 2. The molecule has 8 heteroatoms. The van der Waals surface area contributed by atoms with Crippen LogP contribution in [-0.2, 0) is 16.1 Å². The minimum absolute atomic E-state index is 0.145. The highest BCUT2D eigenvalue weighted by Gasteiger charge is 2.41. The SMILES string of the molecule is Cc1ccc(CN2CCOC(COc3ccc(Cl)cc3)(CC(=O)N3CCN(C)CC3)C2)s1. The second-order valence-electron chi connectivity index (χ2n) is 8.86. The number of hydrogen-bond donors (Lipinski definition) is 0. The van der Waals surface area contributed by atoms with E-state index < -0.39 is 5.60 Å². The zero-order chi connectivity index (χ0) is 22.6. The molecule has 2 aliphatic heterocycles. The third-order valence-corrected chi connectivity index (χ3v) is 7.39. The van der Waals surface area contributed by atoms with Gasteiger partial charge in [-0.2, -0.15) is 0 Å². The van der Waals surface area contributed by atoms with E-state index in [2.05, 4.69) is 35.9 Å². The lowest BCUT2D eigenvalue weighted by Crippen LogP contribution is -2.58. The molecule has 2 aliphatic rings. The van der Waals surface area contributed by atoms with E-state index >= 15 is 0 Å². The first-order valence-corrected chi connectivity index (χ1v) is 12.4. The fourth-order valence-electron chi connectivity index (χ4n) is 4.28.